The van der Waals surface area contributed by atoms with Gasteiger partial charge in [-0.1, -0.05) is 19.7 Å². The lowest BCUT2D eigenvalue weighted by Gasteiger charge is -2.04. The van der Waals surface area contributed by atoms with E-state index in [4.69, 9.17) is 7.85 Å². The molecule has 0 spiro atoms. The summed E-state index contributed by atoms with van der Waals surface area (Å²) in [4.78, 5) is 11.3. The van der Waals surface area contributed by atoms with E-state index in [1.54, 1.807) is 0 Å². The summed E-state index contributed by atoms with van der Waals surface area (Å²) in [6.45, 7) is 3.98. The van der Waals surface area contributed by atoms with Crippen LogP contribution >= 0.6 is 0 Å². The summed E-state index contributed by atoms with van der Waals surface area (Å²) in [6.07, 6.45) is 1.85. The fraction of sp³-hybridized carbons (Fsp3) is 0.875. The van der Waals surface area contributed by atoms with Crippen molar-refractivity contribution >= 4 is 13.6 Å². The van der Waals surface area contributed by atoms with Crippen LogP contribution in [-0.4, -0.2) is 13.6 Å². The highest BCUT2D eigenvalue weighted by Crippen LogP contribution is 2.36. The van der Waals surface area contributed by atoms with Crippen LogP contribution < -0.4 is 0 Å². The second-order valence-electron chi connectivity index (χ2n) is 3.20. The summed E-state index contributed by atoms with van der Waals surface area (Å²) in [6, 6.07) is 0. The summed E-state index contributed by atoms with van der Waals surface area (Å²) in [7, 11) is 5.71. The van der Waals surface area contributed by atoms with Gasteiger partial charge in [0.2, 0.25) is 0 Å². The van der Waals surface area contributed by atoms with Gasteiger partial charge in [-0.15, -0.1) is 0 Å². The molecule has 3 unspecified atom stereocenters. The predicted octanol–water partition coefficient (Wildman–Crippen LogP) is 1.58. The molecule has 0 heterocycles. The molecule has 1 aliphatic rings. The third-order valence-corrected chi connectivity index (χ3v) is 2.54. The summed E-state index contributed by atoms with van der Waals surface area (Å²) in [5.41, 5.74) is 0. The number of hydrogen-bond acceptors (Lipinski definition) is 1. The van der Waals surface area contributed by atoms with Gasteiger partial charge in [0.1, 0.15) is 5.78 Å². The van der Waals surface area contributed by atoms with Crippen LogP contribution in [0.1, 0.15) is 26.7 Å². The molecule has 1 rings (SSSR count). The highest BCUT2D eigenvalue weighted by Gasteiger charge is 2.34. The zero-order valence-corrected chi connectivity index (χ0v) is 6.63. The van der Waals surface area contributed by atoms with Gasteiger partial charge in [-0.2, -0.15) is 0 Å². The minimum Gasteiger partial charge on any atom is -0.299 e. The van der Waals surface area contributed by atoms with Crippen molar-refractivity contribution < 1.29 is 4.79 Å². The van der Waals surface area contributed by atoms with Crippen molar-refractivity contribution in [3.8, 4) is 0 Å². The van der Waals surface area contributed by atoms with E-state index >= 15 is 0 Å². The van der Waals surface area contributed by atoms with Crippen molar-refractivity contribution in [2.24, 2.45) is 11.8 Å². The van der Waals surface area contributed by atoms with Crippen LogP contribution in [0.4, 0.5) is 0 Å². The molecule has 1 aliphatic carbocycles. The van der Waals surface area contributed by atoms with Gasteiger partial charge in [-0.25, -0.2) is 0 Å². The first-order valence-corrected chi connectivity index (χ1v) is 3.96. The zero-order chi connectivity index (χ0) is 7.72. The van der Waals surface area contributed by atoms with Crippen LogP contribution in [-0.2, 0) is 4.79 Å². The minimum absolute atomic E-state index is 0.102. The van der Waals surface area contributed by atoms with Gasteiger partial charge in [0.15, 0.2) is 0 Å². The monoisotopic (exact) mass is 136 g/mol. The van der Waals surface area contributed by atoms with Gasteiger partial charge in [-0.05, 0) is 12.8 Å². The van der Waals surface area contributed by atoms with Crippen LogP contribution in [0.15, 0.2) is 0 Å². The van der Waals surface area contributed by atoms with Gasteiger partial charge in [0, 0.05) is 11.8 Å². The van der Waals surface area contributed by atoms with Gasteiger partial charge in [-0.3, -0.25) is 4.79 Å². The lowest BCUT2D eigenvalue weighted by Crippen LogP contribution is -2.11. The molecule has 54 valence electrons. The summed E-state index contributed by atoms with van der Waals surface area (Å²) >= 11 is 0. The van der Waals surface area contributed by atoms with E-state index in [0.29, 0.717) is 5.78 Å². The van der Waals surface area contributed by atoms with Crippen LogP contribution in [0, 0.1) is 11.8 Å². The first kappa shape index (κ1) is 7.84. The van der Waals surface area contributed by atoms with Gasteiger partial charge >= 0.3 is 0 Å². The zero-order valence-electron chi connectivity index (χ0n) is 6.63. The topological polar surface area (TPSA) is 17.1 Å². The molecule has 0 aromatic heterocycles. The Morgan fingerprint density at radius 1 is 1.70 bits per heavy atom. The van der Waals surface area contributed by atoms with E-state index in [1.807, 2.05) is 13.8 Å². The highest BCUT2D eigenvalue weighted by atomic mass is 16.1. The largest absolute Gasteiger partial charge is 0.299 e. The number of rotatable bonds is 1. The fourth-order valence-corrected chi connectivity index (χ4v) is 1.60. The molecule has 3 atom stereocenters. The summed E-state index contributed by atoms with van der Waals surface area (Å²) < 4.78 is 0. The van der Waals surface area contributed by atoms with Crippen molar-refractivity contribution in [3.63, 3.8) is 0 Å². The SMILES string of the molecule is [B]C1CC(CC)C(=O)C1C. The van der Waals surface area contributed by atoms with E-state index in [9.17, 15) is 4.79 Å². The maximum absolute atomic E-state index is 11.3. The Hall–Kier alpha value is -0.265. The Morgan fingerprint density at radius 2 is 2.30 bits per heavy atom. The van der Waals surface area contributed by atoms with E-state index in [-0.39, 0.29) is 17.7 Å². The molecule has 0 saturated heterocycles. The number of carbonyl (C=O) groups excluding carboxylic acids is 1. The Kier molecular flexibility index (Phi) is 2.17. The van der Waals surface area contributed by atoms with Crippen molar-refractivity contribution in [3.05, 3.63) is 0 Å². The number of carbonyl (C=O) groups is 1. The van der Waals surface area contributed by atoms with Gasteiger partial charge < -0.3 is 0 Å². The predicted molar refractivity (Wildman–Crippen MR) is 42.1 cm³/mol. The molecular formula is C8H13BO. The molecule has 0 N–H and O–H groups in total. The van der Waals surface area contributed by atoms with Crippen LogP contribution in [0.3, 0.4) is 0 Å². The van der Waals surface area contributed by atoms with Gasteiger partial charge in [0.05, 0.1) is 7.85 Å². The lowest BCUT2D eigenvalue weighted by molar-refractivity contribution is -0.123. The van der Waals surface area contributed by atoms with E-state index in [2.05, 4.69) is 0 Å². The van der Waals surface area contributed by atoms with E-state index in [0.717, 1.165) is 12.8 Å². The van der Waals surface area contributed by atoms with Crippen molar-refractivity contribution in [2.75, 3.05) is 0 Å². The number of ketones is 1. The molecule has 0 amide bonds. The molecule has 10 heavy (non-hydrogen) atoms. The van der Waals surface area contributed by atoms with Crippen LogP contribution in [0.2, 0.25) is 5.82 Å². The summed E-state index contributed by atoms with van der Waals surface area (Å²) in [5, 5.41) is 0. The molecule has 2 radical (unpaired) electrons. The molecule has 1 nitrogen and oxygen atoms in total. The maximum Gasteiger partial charge on any atom is 0.138 e. The van der Waals surface area contributed by atoms with Crippen molar-refractivity contribution in [1.82, 2.24) is 0 Å². The molecule has 0 bridgehead atoms. The van der Waals surface area contributed by atoms with Crippen molar-refractivity contribution in [1.29, 1.82) is 0 Å². The van der Waals surface area contributed by atoms with Gasteiger partial charge in [0.25, 0.3) is 0 Å². The molecule has 1 fully saturated rings. The molecule has 2 heteroatoms. The molecule has 0 aromatic rings. The molecule has 0 aliphatic heterocycles. The second kappa shape index (κ2) is 2.77. The fourth-order valence-electron chi connectivity index (χ4n) is 1.60. The smallest absolute Gasteiger partial charge is 0.138 e. The average molecular weight is 136 g/mol. The normalized spacial score (nSPS) is 40.6. The van der Waals surface area contributed by atoms with Crippen LogP contribution in [0.5, 0.6) is 0 Å². The Labute approximate surface area is 63.6 Å². The third-order valence-electron chi connectivity index (χ3n) is 2.54. The average Bonchev–Trinajstić information content (AvgIpc) is 2.17. The Morgan fingerprint density at radius 3 is 2.50 bits per heavy atom. The number of Topliss-reactive ketones (excluding diaryl/α,β-unsaturated/α-hetero) is 1. The Bertz CT molecular complexity index is 144. The first-order chi connectivity index (χ1) is 4.66. The molecule has 0 aromatic carbocycles. The summed E-state index contributed by atoms with van der Waals surface area (Å²) in [5.74, 6) is 0.849. The highest BCUT2D eigenvalue weighted by molar-refractivity contribution is 6.15. The molecular weight excluding hydrogens is 123 g/mol. The first-order valence-electron chi connectivity index (χ1n) is 3.96. The number of hydrogen-bond donors (Lipinski definition) is 0. The van der Waals surface area contributed by atoms with Crippen LogP contribution in [0.25, 0.3) is 0 Å². The van der Waals surface area contributed by atoms with E-state index < -0.39 is 0 Å². The Balaban J connectivity index is 2.62. The quantitative estimate of drug-likeness (QED) is 0.500. The maximum atomic E-state index is 11.3. The van der Waals surface area contributed by atoms with Crippen molar-refractivity contribution in [2.45, 2.75) is 32.5 Å². The lowest BCUT2D eigenvalue weighted by atomic mass is 9.79. The minimum atomic E-state index is 0.102. The standard InChI is InChI=1S/C8H13BO/c1-3-6-4-7(9)5(2)8(6)10/h5-7H,3-4H2,1-2H3. The second-order valence-corrected chi connectivity index (χ2v) is 3.20. The third kappa shape index (κ3) is 1.12. The molecule has 1 saturated carbocycles. The van der Waals surface area contributed by atoms with E-state index in [1.165, 1.54) is 0 Å².